The number of carbonyl (C=O) groups is 1. The van der Waals surface area contributed by atoms with Crippen molar-refractivity contribution in [2.24, 2.45) is 4.99 Å². The van der Waals surface area contributed by atoms with Crippen molar-refractivity contribution in [3.63, 3.8) is 0 Å². The topological polar surface area (TPSA) is 97.6 Å². The second-order valence-electron chi connectivity index (χ2n) is 10.9. The van der Waals surface area contributed by atoms with Gasteiger partial charge in [-0.05, 0) is 81.3 Å². The van der Waals surface area contributed by atoms with Crippen LogP contribution in [0.1, 0.15) is 50.4 Å². The van der Waals surface area contributed by atoms with Crippen LogP contribution in [0.3, 0.4) is 0 Å². The number of benzene rings is 3. The maximum atomic E-state index is 14.2. The first-order valence-electron chi connectivity index (χ1n) is 14.9. The monoisotopic (exact) mass is 730 g/mol. The minimum Gasteiger partial charge on any atom is -0.493 e. The van der Waals surface area contributed by atoms with Crippen LogP contribution in [0.25, 0.3) is 6.08 Å². The zero-order valence-electron chi connectivity index (χ0n) is 27.1. The third kappa shape index (κ3) is 7.37. The number of halogens is 3. The molecule has 0 aliphatic carbocycles. The third-order valence-electron chi connectivity index (χ3n) is 7.32. The summed E-state index contributed by atoms with van der Waals surface area (Å²) in [5.74, 6) is 1.12. The van der Waals surface area contributed by atoms with E-state index in [1.54, 1.807) is 68.5 Å². The molecular formula is C35H33Cl3N2O7S. The first-order valence-corrected chi connectivity index (χ1v) is 16.9. The molecule has 3 aromatic carbocycles. The van der Waals surface area contributed by atoms with E-state index in [4.69, 9.17) is 58.5 Å². The molecule has 1 atom stereocenters. The van der Waals surface area contributed by atoms with E-state index >= 15 is 0 Å². The number of hydrogen-bond acceptors (Lipinski definition) is 9. The molecule has 1 aliphatic heterocycles. The first-order chi connectivity index (χ1) is 22.9. The summed E-state index contributed by atoms with van der Waals surface area (Å²) >= 11 is 20.2. The van der Waals surface area contributed by atoms with Gasteiger partial charge >= 0.3 is 5.97 Å². The van der Waals surface area contributed by atoms with Crippen molar-refractivity contribution in [2.75, 3.05) is 20.8 Å². The van der Waals surface area contributed by atoms with Gasteiger partial charge in [-0.15, -0.1) is 0 Å². The van der Waals surface area contributed by atoms with Gasteiger partial charge in [-0.3, -0.25) is 9.36 Å². The molecule has 0 radical (unpaired) electrons. The van der Waals surface area contributed by atoms with Gasteiger partial charge in [0.25, 0.3) is 5.56 Å². The zero-order valence-corrected chi connectivity index (χ0v) is 30.1. The zero-order chi connectivity index (χ0) is 34.7. The van der Waals surface area contributed by atoms with Crippen LogP contribution in [0.4, 0.5) is 0 Å². The van der Waals surface area contributed by atoms with E-state index in [-0.39, 0.29) is 35.5 Å². The van der Waals surface area contributed by atoms with E-state index in [2.05, 4.69) is 4.99 Å². The molecule has 0 spiro atoms. The van der Waals surface area contributed by atoms with Crippen LogP contribution < -0.4 is 33.8 Å². The number of nitrogens with zero attached hydrogens (tertiary/aromatic N) is 2. The summed E-state index contributed by atoms with van der Waals surface area (Å²) in [5, 5.41) is 1.25. The average Bonchev–Trinajstić information content (AvgIpc) is 3.34. The highest BCUT2D eigenvalue weighted by atomic mass is 35.5. The number of aromatic nitrogens is 1. The molecule has 13 heteroatoms. The number of ether oxygens (including phenoxy) is 5. The minimum absolute atomic E-state index is 0.0885. The molecule has 0 unspecified atom stereocenters. The van der Waals surface area contributed by atoms with Crippen LogP contribution in [0.5, 0.6) is 23.0 Å². The highest BCUT2D eigenvalue weighted by Gasteiger charge is 2.34. The van der Waals surface area contributed by atoms with Gasteiger partial charge in [0.2, 0.25) is 0 Å². The van der Waals surface area contributed by atoms with Gasteiger partial charge in [0.15, 0.2) is 27.8 Å². The van der Waals surface area contributed by atoms with E-state index in [0.717, 1.165) is 5.56 Å². The van der Waals surface area contributed by atoms with Gasteiger partial charge in [0.1, 0.15) is 6.61 Å². The summed E-state index contributed by atoms with van der Waals surface area (Å²) in [7, 11) is 3.03. The summed E-state index contributed by atoms with van der Waals surface area (Å²) in [4.78, 5) is 32.6. The van der Waals surface area contributed by atoms with Gasteiger partial charge in [0.05, 0.1) is 53.8 Å². The number of fused-ring (bicyclic) bond motifs is 1. The lowest BCUT2D eigenvalue weighted by Crippen LogP contribution is -2.40. The Morgan fingerprint density at radius 3 is 2.42 bits per heavy atom. The Morgan fingerprint density at radius 2 is 1.75 bits per heavy atom. The number of allylic oxidation sites excluding steroid dienone is 1. The Hall–Kier alpha value is -3.96. The van der Waals surface area contributed by atoms with Crippen molar-refractivity contribution in [1.29, 1.82) is 0 Å². The molecule has 252 valence electrons. The van der Waals surface area contributed by atoms with Crippen LogP contribution >= 0.6 is 46.1 Å². The summed E-state index contributed by atoms with van der Waals surface area (Å²) in [6, 6.07) is 13.0. The molecule has 5 rings (SSSR count). The molecule has 2 heterocycles. The summed E-state index contributed by atoms with van der Waals surface area (Å²) in [5.41, 5.74) is 2.28. The molecule has 0 saturated heterocycles. The molecule has 0 N–H and O–H groups in total. The second-order valence-corrected chi connectivity index (χ2v) is 13.2. The number of hydrogen-bond donors (Lipinski definition) is 0. The van der Waals surface area contributed by atoms with E-state index < -0.39 is 12.0 Å². The molecule has 4 aromatic rings. The molecular weight excluding hydrogens is 699 g/mol. The lowest BCUT2D eigenvalue weighted by molar-refractivity contribution is -0.139. The minimum atomic E-state index is -0.835. The number of thiazole rings is 1. The fraction of sp³-hybridized carbons (Fsp3) is 0.286. The molecule has 0 amide bonds. The molecule has 0 bridgehead atoms. The molecule has 1 aromatic heterocycles. The fourth-order valence-corrected chi connectivity index (χ4v) is 7.00. The predicted octanol–water partition coefficient (Wildman–Crippen LogP) is 7.14. The van der Waals surface area contributed by atoms with Gasteiger partial charge < -0.3 is 23.7 Å². The van der Waals surface area contributed by atoms with E-state index in [9.17, 15) is 9.59 Å². The highest BCUT2D eigenvalue weighted by molar-refractivity contribution is 7.07. The maximum Gasteiger partial charge on any atom is 0.338 e. The Kier molecular flexibility index (Phi) is 11.1. The number of rotatable bonds is 11. The predicted molar refractivity (Wildman–Crippen MR) is 188 cm³/mol. The van der Waals surface area contributed by atoms with Crippen molar-refractivity contribution < 1.29 is 28.5 Å². The Labute approximate surface area is 296 Å². The first kappa shape index (κ1) is 35.3. The van der Waals surface area contributed by atoms with Gasteiger partial charge in [-0.2, -0.15) is 0 Å². The standard InChI is InChI=1S/C35H33Cl3N2O7S/c1-7-45-34(42)30-19(4)39-35-40(31(30)21-9-11-26(47-18(2)3)27(15-21)43-5)33(41)29(48-35)14-20-12-25(38)32(28(13-20)44-6)46-17-22-8-10-23(36)16-24(22)37/h8-16,18,31H,7,17H2,1-6H3/b29-14-/t31-/m1/s1. The molecule has 0 saturated carbocycles. The second kappa shape index (κ2) is 15.1. The van der Waals surface area contributed by atoms with Crippen LogP contribution in [0, 0.1) is 0 Å². The normalized spacial score (nSPS) is 14.5. The molecule has 9 nitrogen and oxygen atoms in total. The number of carbonyl (C=O) groups excluding carboxylic acids is 1. The molecule has 0 fully saturated rings. The Bertz CT molecular complexity index is 2090. The van der Waals surface area contributed by atoms with E-state index in [1.165, 1.54) is 30.1 Å². The SMILES string of the molecule is CCOC(=O)C1=C(C)N=c2s/c(=C\c3cc(Cl)c(OCc4ccc(Cl)cc4Cl)c(OC)c3)c(=O)n2[C@@H]1c1ccc(OC(C)C)c(OC)c1. The van der Waals surface area contributed by atoms with Crippen molar-refractivity contribution in [3.8, 4) is 23.0 Å². The van der Waals surface area contributed by atoms with Crippen molar-refractivity contribution in [1.82, 2.24) is 4.57 Å². The third-order valence-corrected chi connectivity index (χ3v) is 9.17. The Morgan fingerprint density at radius 1 is 1.00 bits per heavy atom. The lowest BCUT2D eigenvalue weighted by Gasteiger charge is -2.25. The number of esters is 1. The molecule has 1 aliphatic rings. The average molecular weight is 732 g/mol. The van der Waals surface area contributed by atoms with E-state index in [0.29, 0.717) is 59.2 Å². The van der Waals surface area contributed by atoms with Crippen LogP contribution in [-0.4, -0.2) is 37.5 Å². The van der Waals surface area contributed by atoms with Gasteiger partial charge in [0, 0.05) is 15.6 Å². The van der Waals surface area contributed by atoms with Crippen molar-refractivity contribution >= 4 is 58.2 Å². The maximum absolute atomic E-state index is 14.2. The van der Waals surface area contributed by atoms with Crippen molar-refractivity contribution in [3.05, 3.63) is 111 Å². The lowest BCUT2D eigenvalue weighted by atomic mass is 9.95. The smallest absolute Gasteiger partial charge is 0.338 e. The van der Waals surface area contributed by atoms with Crippen LogP contribution in [0.2, 0.25) is 15.1 Å². The Balaban J connectivity index is 1.59. The summed E-state index contributed by atoms with van der Waals surface area (Å²) < 4.78 is 30.4. The quantitative estimate of drug-likeness (QED) is 0.151. The van der Waals surface area contributed by atoms with Crippen molar-refractivity contribution in [2.45, 2.75) is 46.4 Å². The summed E-state index contributed by atoms with van der Waals surface area (Å²) in [6.45, 7) is 7.56. The van der Waals surface area contributed by atoms with Crippen LogP contribution in [0.15, 0.2) is 69.6 Å². The summed E-state index contributed by atoms with van der Waals surface area (Å²) in [6.07, 6.45) is 1.60. The molecule has 48 heavy (non-hydrogen) atoms. The van der Waals surface area contributed by atoms with E-state index in [1.807, 2.05) is 13.8 Å². The van der Waals surface area contributed by atoms with Gasteiger partial charge in [-0.25, -0.2) is 9.79 Å². The fourth-order valence-electron chi connectivity index (χ4n) is 5.22. The highest BCUT2D eigenvalue weighted by Crippen LogP contribution is 2.39. The largest absolute Gasteiger partial charge is 0.493 e. The number of methoxy groups -OCH3 is 2. The van der Waals surface area contributed by atoms with Crippen LogP contribution in [-0.2, 0) is 16.1 Å². The van der Waals surface area contributed by atoms with Gasteiger partial charge in [-0.1, -0.05) is 58.3 Å².